The number of halogens is 1. The fourth-order valence-electron chi connectivity index (χ4n) is 4.24. The van der Waals surface area contributed by atoms with Crippen LogP contribution in [0, 0.1) is 13.8 Å². The van der Waals surface area contributed by atoms with Gasteiger partial charge < -0.3 is 15.1 Å². The molecule has 0 spiro atoms. The second-order valence-corrected chi connectivity index (χ2v) is 9.15. The van der Waals surface area contributed by atoms with E-state index in [9.17, 15) is 14.4 Å². The van der Waals surface area contributed by atoms with Crippen molar-refractivity contribution in [2.24, 2.45) is 0 Å². The van der Waals surface area contributed by atoms with Crippen molar-refractivity contribution in [1.82, 2.24) is 15.1 Å². The first kappa shape index (κ1) is 22.3. The normalized spacial score (nSPS) is 15.9. The standard InChI is InChI=1S/C24H27BrN4O3/c1-16-5-3-6-21(17(16)2)27-11-13-28(14-12-27)24(32)26-9-4-10-29-22(30)19-8-7-18(25)15-20(19)23(29)31/h3,5-8,15H,4,9-14H2,1-2H3,(H,26,32). The number of nitrogens with one attached hydrogen (secondary N) is 1. The average molecular weight is 499 g/mol. The van der Waals surface area contributed by atoms with Crippen LogP contribution >= 0.6 is 15.9 Å². The maximum Gasteiger partial charge on any atom is 0.317 e. The van der Waals surface area contributed by atoms with Gasteiger partial charge in [-0.3, -0.25) is 14.5 Å². The molecule has 2 aliphatic heterocycles. The minimum absolute atomic E-state index is 0.100. The van der Waals surface area contributed by atoms with Crippen LogP contribution in [0.5, 0.6) is 0 Å². The summed E-state index contributed by atoms with van der Waals surface area (Å²) in [5, 5.41) is 2.92. The summed E-state index contributed by atoms with van der Waals surface area (Å²) < 4.78 is 0.768. The maximum atomic E-state index is 12.5. The van der Waals surface area contributed by atoms with Gasteiger partial charge in [0, 0.05) is 49.4 Å². The van der Waals surface area contributed by atoms with Gasteiger partial charge in [0.2, 0.25) is 0 Å². The molecule has 0 unspecified atom stereocenters. The second-order valence-electron chi connectivity index (χ2n) is 8.23. The van der Waals surface area contributed by atoms with Gasteiger partial charge >= 0.3 is 6.03 Å². The van der Waals surface area contributed by atoms with Gasteiger partial charge in [0.15, 0.2) is 0 Å². The summed E-state index contributed by atoms with van der Waals surface area (Å²) in [4.78, 5) is 42.9. The number of hydrogen-bond acceptors (Lipinski definition) is 4. The predicted octanol–water partition coefficient (Wildman–Crippen LogP) is 3.58. The summed E-state index contributed by atoms with van der Waals surface area (Å²) in [5.74, 6) is -0.549. The van der Waals surface area contributed by atoms with E-state index in [2.05, 4.69) is 58.2 Å². The van der Waals surface area contributed by atoms with E-state index in [-0.39, 0.29) is 24.4 Å². The Balaban J connectivity index is 1.22. The highest BCUT2D eigenvalue weighted by molar-refractivity contribution is 9.10. The fourth-order valence-corrected chi connectivity index (χ4v) is 4.60. The lowest BCUT2D eigenvalue weighted by atomic mass is 10.1. The van der Waals surface area contributed by atoms with Crippen LogP contribution < -0.4 is 10.2 Å². The summed E-state index contributed by atoms with van der Waals surface area (Å²) in [6.45, 7) is 7.85. The van der Waals surface area contributed by atoms with Crippen LogP contribution in [0.2, 0.25) is 0 Å². The molecular formula is C24H27BrN4O3. The van der Waals surface area contributed by atoms with Crippen LogP contribution in [0.3, 0.4) is 0 Å². The van der Waals surface area contributed by atoms with Crippen LogP contribution in [0.4, 0.5) is 10.5 Å². The Morgan fingerprint density at radius 1 is 1.00 bits per heavy atom. The Morgan fingerprint density at radius 2 is 1.72 bits per heavy atom. The first-order valence-electron chi connectivity index (χ1n) is 10.9. The van der Waals surface area contributed by atoms with Crippen LogP contribution in [-0.4, -0.2) is 66.9 Å². The molecule has 4 amide bonds. The van der Waals surface area contributed by atoms with Crippen molar-refractivity contribution in [3.63, 3.8) is 0 Å². The van der Waals surface area contributed by atoms with Crippen molar-refractivity contribution in [3.05, 3.63) is 63.1 Å². The Labute approximate surface area is 196 Å². The number of carbonyl (C=O) groups is 3. The number of nitrogens with zero attached hydrogens (tertiary/aromatic N) is 3. The van der Waals surface area contributed by atoms with Gasteiger partial charge in [-0.25, -0.2) is 4.79 Å². The van der Waals surface area contributed by atoms with Gasteiger partial charge in [-0.05, 0) is 55.7 Å². The lowest BCUT2D eigenvalue weighted by Crippen LogP contribution is -2.52. The molecule has 8 heteroatoms. The van der Waals surface area contributed by atoms with Crippen LogP contribution in [0.25, 0.3) is 0 Å². The number of anilines is 1. The smallest absolute Gasteiger partial charge is 0.317 e. The SMILES string of the molecule is Cc1cccc(N2CCN(C(=O)NCCCN3C(=O)c4ccc(Br)cc4C3=O)CC2)c1C. The van der Waals surface area contributed by atoms with Crippen LogP contribution in [0.1, 0.15) is 38.3 Å². The maximum absolute atomic E-state index is 12.5. The number of rotatable bonds is 5. The van der Waals surface area contributed by atoms with E-state index in [4.69, 9.17) is 0 Å². The van der Waals surface area contributed by atoms with E-state index in [1.807, 2.05) is 4.90 Å². The Bertz CT molecular complexity index is 1060. The Hall–Kier alpha value is -2.87. The van der Waals surface area contributed by atoms with Gasteiger partial charge in [0.1, 0.15) is 0 Å². The number of fused-ring (bicyclic) bond motifs is 1. The molecule has 0 aromatic heterocycles. The molecule has 7 nitrogen and oxygen atoms in total. The number of hydrogen-bond donors (Lipinski definition) is 1. The summed E-state index contributed by atoms with van der Waals surface area (Å²) in [5.41, 5.74) is 4.65. The molecule has 4 rings (SSSR count). The third-order valence-corrected chi connectivity index (χ3v) is 6.74. The predicted molar refractivity (Wildman–Crippen MR) is 127 cm³/mol. The molecule has 2 aromatic carbocycles. The molecule has 1 fully saturated rings. The molecular weight excluding hydrogens is 472 g/mol. The summed E-state index contributed by atoms with van der Waals surface area (Å²) in [7, 11) is 0. The molecule has 168 valence electrons. The van der Waals surface area contributed by atoms with Crippen molar-refractivity contribution in [2.45, 2.75) is 20.3 Å². The third-order valence-electron chi connectivity index (χ3n) is 6.25. The third kappa shape index (κ3) is 4.37. The molecule has 2 aromatic rings. The monoisotopic (exact) mass is 498 g/mol. The molecule has 0 bridgehead atoms. The van der Waals surface area contributed by atoms with Crippen molar-refractivity contribution in [1.29, 1.82) is 0 Å². The highest BCUT2D eigenvalue weighted by Crippen LogP contribution is 2.26. The second kappa shape index (κ2) is 9.32. The zero-order chi connectivity index (χ0) is 22.8. The fraction of sp³-hybridized carbons (Fsp3) is 0.375. The van der Waals surface area contributed by atoms with E-state index < -0.39 is 0 Å². The Kier molecular flexibility index (Phi) is 6.50. The number of amides is 4. The number of piperazine rings is 1. The van der Waals surface area contributed by atoms with Crippen molar-refractivity contribution in [2.75, 3.05) is 44.2 Å². The molecule has 32 heavy (non-hydrogen) atoms. The quantitative estimate of drug-likeness (QED) is 0.505. The minimum atomic E-state index is -0.278. The average Bonchev–Trinajstić information content (AvgIpc) is 3.02. The zero-order valence-corrected chi connectivity index (χ0v) is 19.9. The van der Waals surface area contributed by atoms with E-state index in [0.717, 1.165) is 17.6 Å². The number of urea groups is 1. The number of carbonyl (C=O) groups excluding carboxylic acids is 3. The van der Waals surface area contributed by atoms with Gasteiger partial charge in [0.05, 0.1) is 11.1 Å². The van der Waals surface area contributed by atoms with Gasteiger partial charge in [0.25, 0.3) is 11.8 Å². The van der Waals surface area contributed by atoms with Crippen molar-refractivity contribution >= 4 is 39.5 Å². The zero-order valence-electron chi connectivity index (χ0n) is 18.4. The van der Waals surface area contributed by atoms with Crippen LogP contribution in [0.15, 0.2) is 40.9 Å². The lowest BCUT2D eigenvalue weighted by Gasteiger charge is -2.37. The van der Waals surface area contributed by atoms with E-state index >= 15 is 0 Å². The summed E-state index contributed by atoms with van der Waals surface area (Å²) >= 11 is 3.34. The number of imide groups is 1. The summed E-state index contributed by atoms with van der Waals surface area (Å²) in [6.07, 6.45) is 0.515. The van der Waals surface area contributed by atoms with Crippen molar-refractivity contribution < 1.29 is 14.4 Å². The first-order valence-corrected chi connectivity index (χ1v) is 11.7. The van der Waals surface area contributed by atoms with Gasteiger partial charge in [-0.2, -0.15) is 0 Å². The number of benzene rings is 2. The highest BCUT2D eigenvalue weighted by atomic mass is 79.9. The lowest BCUT2D eigenvalue weighted by molar-refractivity contribution is 0.0653. The van der Waals surface area contributed by atoms with E-state index in [1.165, 1.54) is 21.7 Å². The van der Waals surface area contributed by atoms with Crippen molar-refractivity contribution in [3.8, 4) is 0 Å². The highest BCUT2D eigenvalue weighted by Gasteiger charge is 2.35. The van der Waals surface area contributed by atoms with Gasteiger partial charge in [-0.1, -0.05) is 28.1 Å². The molecule has 2 heterocycles. The Morgan fingerprint density at radius 3 is 2.47 bits per heavy atom. The van der Waals surface area contributed by atoms with Crippen LogP contribution in [-0.2, 0) is 0 Å². The molecule has 0 atom stereocenters. The largest absolute Gasteiger partial charge is 0.368 e. The molecule has 1 N–H and O–H groups in total. The topological polar surface area (TPSA) is 73.0 Å². The molecule has 0 saturated carbocycles. The minimum Gasteiger partial charge on any atom is -0.368 e. The summed E-state index contributed by atoms with van der Waals surface area (Å²) in [6, 6.07) is 11.3. The first-order chi connectivity index (χ1) is 15.4. The van der Waals surface area contributed by atoms with Gasteiger partial charge in [-0.15, -0.1) is 0 Å². The molecule has 0 radical (unpaired) electrons. The van der Waals surface area contributed by atoms with E-state index in [1.54, 1.807) is 18.2 Å². The molecule has 0 aliphatic carbocycles. The molecule has 1 saturated heterocycles. The molecule has 2 aliphatic rings. The number of aryl methyl sites for hydroxylation is 1. The van der Waals surface area contributed by atoms with E-state index in [0.29, 0.717) is 37.2 Å².